The topological polar surface area (TPSA) is 82.0 Å². The van der Waals surface area contributed by atoms with Crippen molar-refractivity contribution in [1.82, 2.24) is 10.6 Å². The van der Waals surface area contributed by atoms with Crippen molar-refractivity contribution in [2.24, 2.45) is 11.8 Å². The van der Waals surface area contributed by atoms with E-state index in [1.54, 1.807) is 6.07 Å². The molecule has 1 aliphatic rings. The van der Waals surface area contributed by atoms with Crippen LogP contribution in [-0.4, -0.2) is 24.9 Å². The van der Waals surface area contributed by atoms with Gasteiger partial charge in [0.2, 0.25) is 5.91 Å². The highest BCUT2D eigenvalue weighted by molar-refractivity contribution is 14.1. The van der Waals surface area contributed by atoms with E-state index >= 15 is 0 Å². The van der Waals surface area contributed by atoms with E-state index in [0.717, 1.165) is 29.3 Å². The lowest BCUT2D eigenvalue weighted by Gasteiger charge is -2.29. The number of hydrogen-bond donors (Lipinski definition) is 2. The zero-order chi connectivity index (χ0) is 17.4. The van der Waals surface area contributed by atoms with Crippen LogP contribution in [0.5, 0.6) is 0 Å². The Bertz CT molecular complexity index is 621. The third kappa shape index (κ3) is 5.20. The Labute approximate surface area is 156 Å². The third-order valence-corrected chi connectivity index (χ3v) is 5.44. The van der Waals surface area contributed by atoms with Crippen molar-refractivity contribution in [3.05, 3.63) is 33.4 Å². The predicted molar refractivity (Wildman–Crippen MR) is 100 cm³/mol. The van der Waals surface area contributed by atoms with Crippen LogP contribution in [0.25, 0.3) is 0 Å². The minimum Gasteiger partial charge on any atom is -0.351 e. The number of halogens is 1. The van der Waals surface area contributed by atoms with Gasteiger partial charge in [0.05, 0.1) is 17.6 Å². The first kappa shape index (κ1) is 18.7. The van der Waals surface area contributed by atoms with Crippen LogP contribution in [0.15, 0.2) is 24.3 Å². The highest BCUT2D eigenvalue weighted by Crippen LogP contribution is 2.30. The highest BCUT2D eigenvalue weighted by atomic mass is 127. The van der Waals surface area contributed by atoms with E-state index in [1.807, 2.05) is 24.3 Å². The maximum absolute atomic E-state index is 12.4. The number of benzene rings is 1. The Morgan fingerprint density at radius 1 is 1.21 bits per heavy atom. The molecule has 2 rings (SSSR count). The number of nitrogens with zero attached hydrogens (tertiary/aromatic N) is 1. The third-order valence-electron chi connectivity index (χ3n) is 4.50. The highest BCUT2D eigenvalue weighted by Gasteiger charge is 2.29. The van der Waals surface area contributed by atoms with E-state index in [1.165, 1.54) is 6.42 Å². The molecular formula is C18H22IN3O2. The van der Waals surface area contributed by atoms with E-state index in [4.69, 9.17) is 5.26 Å². The molecule has 1 atom stereocenters. The normalized spacial score (nSPS) is 16.0. The van der Waals surface area contributed by atoms with E-state index in [9.17, 15) is 9.59 Å². The molecular weight excluding hydrogens is 417 g/mol. The van der Waals surface area contributed by atoms with Crippen LogP contribution >= 0.6 is 22.6 Å². The Hall–Kier alpha value is -1.62. The van der Waals surface area contributed by atoms with E-state index in [2.05, 4.69) is 33.2 Å². The lowest BCUT2D eigenvalue weighted by Crippen LogP contribution is -2.43. The second-order valence-electron chi connectivity index (χ2n) is 6.07. The molecule has 6 heteroatoms. The summed E-state index contributed by atoms with van der Waals surface area (Å²) in [6.07, 6.45) is 5.46. The summed E-state index contributed by atoms with van der Waals surface area (Å²) in [7, 11) is 0. The van der Waals surface area contributed by atoms with E-state index < -0.39 is 0 Å². The van der Waals surface area contributed by atoms with Crippen molar-refractivity contribution in [2.75, 3.05) is 13.1 Å². The van der Waals surface area contributed by atoms with Gasteiger partial charge in [-0.25, -0.2) is 0 Å². The van der Waals surface area contributed by atoms with Crippen LogP contribution in [0.4, 0.5) is 0 Å². The summed E-state index contributed by atoms with van der Waals surface area (Å²) in [5.41, 5.74) is 0.623. The van der Waals surface area contributed by atoms with Crippen molar-refractivity contribution >= 4 is 34.4 Å². The molecule has 0 spiro atoms. The molecule has 0 aromatic heterocycles. The summed E-state index contributed by atoms with van der Waals surface area (Å²) >= 11 is 2.13. The molecule has 1 saturated carbocycles. The van der Waals surface area contributed by atoms with Crippen LogP contribution in [0.1, 0.15) is 42.5 Å². The molecule has 0 aliphatic heterocycles. The number of hydrogen-bond acceptors (Lipinski definition) is 3. The van der Waals surface area contributed by atoms with Gasteiger partial charge in [0.15, 0.2) is 0 Å². The van der Waals surface area contributed by atoms with Gasteiger partial charge in [0.25, 0.3) is 5.91 Å². The number of carbonyl (C=O) groups is 2. The zero-order valence-corrected chi connectivity index (χ0v) is 15.7. The summed E-state index contributed by atoms with van der Waals surface area (Å²) in [6.45, 7) is 0.318. The molecule has 128 valence electrons. The average Bonchev–Trinajstić information content (AvgIpc) is 2.61. The molecule has 0 radical (unpaired) electrons. The number of carbonyl (C=O) groups excluding carboxylic acids is 2. The van der Waals surface area contributed by atoms with Crippen molar-refractivity contribution in [3.8, 4) is 6.07 Å². The smallest absolute Gasteiger partial charge is 0.252 e. The van der Waals surface area contributed by atoms with Crippen LogP contribution in [0, 0.1) is 26.7 Å². The van der Waals surface area contributed by atoms with Gasteiger partial charge in [0.1, 0.15) is 6.54 Å². The molecule has 2 amide bonds. The maximum Gasteiger partial charge on any atom is 0.252 e. The molecule has 2 N–H and O–H groups in total. The van der Waals surface area contributed by atoms with Gasteiger partial charge in [-0.2, -0.15) is 5.26 Å². The minimum atomic E-state index is -0.274. The number of nitriles is 1. The van der Waals surface area contributed by atoms with Gasteiger partial charge in [0, 0.05) is 10.1 Å². The summed E-state index contributed by atoms with van der Waals surface area (Å²) in [4.78, 5) is 24.8. The summed E-state index contributed by atoms with van der Waals surface area (Å²) in [6, 6.07) is 9.31. The SMILES string of the molecule is N#CCNC(=O)C(CNC(=O)c1ccccc1I)C1CCCCC1. The molecule has 0 bridgehead atoms. The molecule has 1 unspecified atom stereocenters. The van der Waals surface area contributed by atoms with E-state index in [-0.39, 0.29) is 30.2 Å². The molecule has 24 heavy (non-hydrogen) atoms. The minimum absolute atomic E-state index is 0.00653. The maximum atomic E-state index is 12.4. The van der Waals surface area contributed by atoms with Crippen molar-refractivity contribution in [3.63, 3.8) is 0 Å². The van der Waals surface area contributed by atoms with Crippen LogP contribution in [0.2, 0.25) is 0 Å². The van der Waals surface area contributed by atoms with Crippen molar-refractivity contribution < 1.29 is 9.59 Å². The quantitative estimate of drug-likeness (QED) is 0.529. The number of nitrogens with one attached hydrogen (secondary N) is 2. The van der Waals surface area contributed by atoms with Crippen molar-refractivity contribution in [1.29, 1.82) is 5.26 Å². The summed E-state index contributed by atoms with van der Waals surface area (Å²) < 4.78 is 0.885. The first-order chi connectivity index (χ1) is 11.6. The van der Waals surface area contributed by atoms with Crippen LogP contribution < -0.4 is 10.6 Å². The zero-order valence-electron chi connectivity index (χ0n) is 13.6. The summed E-state index contributed by atoms with van der Waals surface area (Å²) in [5.74, 6) is -0.294. The van der Waals surface area contributed by atoms with Crippen LogP contribution in [-0.2, 0) is 4.79 Å². The second kappa shape index (κ2) is 9.62. The average molecular weight is 439 g/mol. The molecule has 5 nitrogen and oxygen atoms in total. The Morgan fingerprint density at radius 3 is 2.58 bits per heavy atom. The largest absolute Gasteiger partial charge is 0.351 e. The Balaban J connectivity index is 2.01. The first-order valence-electron chi connectivity index (χ1n) is 8.31. The predicted octanol–water partition coefficient (Wildman–Crippen LogP) is 2.86. The fourth-order valence-electron chi connectivity index (χ4n) is 3.21. The monoisotopic (exact) mass is 439 g/mol. The second-order valence-corrected chi connectivity index (χ2v) is 7.23. The summed E-state index contributed by atoms with van der Waals surface area (Å²) in [5, 5.41) is 14.2. The van der Waals surface area contributed by atoms with Crippen LogP contribution in [0.3, 0.4) is 0 Å². The lowest BCUT2D eigenvalue weighted by atomic mass is 9.79. The van der Waals surface area contributed by atoms with Gasteiger partial charge < -0.3 is 10.6 Å². The molecule has 0 saturated heterocycles. The van der Waals surface area contributed by atoms with Gasteiger partial charge in [-0.15, -0.1) is 0 Å². The molecule has 1 aromatic rings. The number of rotatable bonds is 6. The van der Waals surface area contributed by atoms with E-state index in [0.29, 0.717) is 12.1 Å². The van der Waals surface area contributed by atoms with Gasteiger partial charge in [-0.3, -0.25) is 9.59 Å². The number of amides is 2. The van der Waals surface area contributed by atoms with Gasteiger partial charge in [-0.1, -0.05) is 31.4 Å². The fourth-order valence-corrected chi connectivity index (χ4v) is 3.84. The fraction of sp³-hybridized carbons (Fsp3) is 0.500. The first-order valence-corrected chi connectivity index (χ1v) is 9.38. The van der Waals surface area contributed by atoms with Gasteiger partial charge >= 0.3 is 0 Å². The molecule has 0 heterocycles. The Kier molecular flexibility index (Phi) is 7.50. The Morgan fingerprint density at radius 2 is 1.92 bits per heavy atom. The standard InChI is InChI=1S/C18H22IN3O2/c19-16-9-5-4-8-14(16)17(23)22-12-15(18(24)21-11-10-20)13-6-2-1-3-7-13/h4-5,8-9,13,15H,1-3,6-7,11-12H2,(H,21,24)(H,22,23). The molecule has 1 aliphatic carbocycles. The van der Waals surface area contributed by atoms with Crippen molar-refractivity contribution in [2.45, 2.75) is 32.1 Å². The molecule has 1 aromatic carbocycles. The lowest BCUT2D eigenvalue weighted by molar-refractivity contribution is -0.126. The van der Waals surface area contributed by atoms with Gasteiger partial charge in [-0.05, 0) is 53.5 Å². The molecule has 1 fully saturated rings.